The van der Waals surface area contributed by atoms with Crippen molar-refractivity contribution in [2.75, 3.05) is 0 Å². The largest absolute Gasteiger partial charge is 0.744 e. The second-order valence-electron chi connectivity index (χ2n) is 37.3. The number of fused-ring (bicyclic) bond motifs is 4. The van der Waals surface area contributed by atoms with Gasteiger partial charge < -0.3 is 18.2 Å². The van der Waals surface area contributed by atoms with Gasteiger partial charge in [0.15, 0.2) is 0 Å². The minimum atomic E-state index is -4.45. The Bertz CT molecular complexity index is 4220. The van der Waals surface area contributed by atoms with Gasteiger partial charge in [-0.2, -0.15) is 0 Å². The van der Waals surface area contributed by atoms with Crippen molar-refractivity contribution < 1.29 is 51.9 Å². The Balaban J connectivity index is 0.000000359. The molecule has 0 bridgehead atoms. The first-order valence-electron chi connectivity index (χ1n) is 51.9. The number of benzene rings is 8. The van der Waals surface area contributed by atoms with E-state index in [4.69, 9.17) is 0 Å². The van der Waals surface area contributed by atoms with Crippen LogP contribution in [0, 0.1) is 0 Å². The molecular formula is C112H172O12PbS4-4. The van der Waals surface area contributed by atoms with E-state index in [1.807, 2.05) is 24.3 Å². The average molecular weight is 2050 g/mol. The molecule has 0 atom stereocenters. The molecule has 8 rings (SSSR count). The van der Waals surface area contributed by atoms with Gasteiger partial charge in [-0.1, -0.05) is 436 Å². The van der Waals surface area contributed by atoms with Gasteiger partial charge in [0.25, 0.3) is 0 Å². The smallest absolute Gasteiger partial charge is 0.124 e. The van der Waals surface area contributed by atoms with E-state index in [-0.39, 0.29) is 46.9 Å². The van der Waals surface area contributed by atoms with E-state index in [2.05, 4.69) is 104 Å². The van der Waals surface area contributed by atoms with Crippen LogP contribution in [0.15, 0.2) is 141 Å². The third-order valence-electron chi connectivity index (χ3n) is 25.9. The maximum atomic E-state index is 11.7. The summed E-state index contributed by atoms with van der Waals surface area (Å²) in [5.41, 5.74) is 9.26. The van der Waals surface area contributed by atoms with Crippen molar-refractivity contribution >= 4 is 111 Å². The molecule has 0 amide bonds. The quantitative estimate of drug-likeness (QED) is 0.0197. The zero-order chi connectivity index (χ0) is 92.9. The van der Waals surface area contributed by atoms with Gasteiger partial charge in [-0.05, 0) is 239 Å². The molecule has 0 saturated carbocycles. The molecule has 0 aromatic heterocycles. The molecule has 8 aromatic carbocycles. The number of hydrogen-bond donors (Lipinski definition) is 0. The van der Waals surface area contributed by atoms with Crippen LogP contribution in [0.2, 0.25) is 0 Å². The monoisotopic (exact) mass is 2050 g/mol. The maximum absolute atomic E-state index is 11.7. The van der Waals surface area contributed by atoms with Gasteiger partial charge >= 0.3 is 0 Å². The first-order valence-corrected chi connectivity index (χ1v) is 57.5. The van der Waals surface area contributed by atoms with Crippen molar-refractivity contribution in [1.29, 1.82) is 0 Å². The van der Waals surface area contributed by atoms with Crippen molar-refractivity contribution in [2.24, 2.45) is 0 Å². The normalized spacial score (nSPS) is 11.9. The van der Waals surface area contributed by atoms with Crippen LogP contribution in [0.25, 0.3) is 43.1 Å². The van der Waals surface area contributed by atoms with E-state index in [1.54, 1.807) is 48.5 Å². The van der Waals surface area contributed by atoms with E-state index >= 15 is 0 Å². The molecule has 0 aliphatic rings. The number of hydrogen-bond acceptors (Lipinski definition) is 12. The molecule has 0 spiro atoms. The summed E-state index contributed by atoms with van der Waals surface area (Å²) in [7, 11) is -17.8. The Morgan fingerprint density at radius 2 is 0.302 bits per heavy atom. The van der Waals surface area contributed by atoms with Crippen molar-refractivity contribution in [1.82, 2.24) is 0 Å². The fourth-order valence-corrected chi connectivity index (χ4v) is 20.3. The maximum Gasteiger partial charge on any atom is 0.124 e. The molecule has 0 aliphatic carbocycles. The van der Waals surface area contributed by atoms with E-state index in [1.165, 1.54) is 330 Å². The molecule has 0 heterocycles. The number of aryl methyl sites for hydroxylation is 8. The Morgan fingerprint density at radius 3 is 0.442 bits per heavy atom. The first-order chi connectivity index (χ1) is 61.8. The van der Waals surface area contributed by atoms with Crippen LogP contribution in [-0.2, 0) is 91.8 Å². The van der Waals surface area contributed by atoms with Gasteiger partial charge in [-0.3, -0.25) is 0 Å². The first kappa shape index (κ1) is 117. The second-order valence-corrected chi connectivity index (χ2v) is 42.9. The van der Waals surface area contributed by atoms with Crippen LogP contribution in [-0.4, -0.2) is 79.2 Å². The van der Waals surface area contributed by atoms with Gasteiger partial charge in [-0.15, -0.1) is 0 Å². The molecule has 0 unspecified atom stereocenters. The zero-order valence-electron chi connectivity index (χ0n) is 81.8. The summed E-state index contributed by atoms with van der Waals surface area (Å²) in [6.07, 6.45) is 77.9. The third-order valence-corrected chi connectivity index (χ3v) is 29.2. The summed E-state index contributed by atoms with van der Waals surface area (Å²) in [5, 5.41) is 7.91. The fraction of sp³-hybridized carbons (Fsp3) is 0.643. The Morgan fingerprint density at radius 1 is 0.171 bits per heavy atom. The molecule has 724 valence electrons. The average Bonchev–Trinajstić information content (AvgIpc) is 0.804. The summed E-state index contributed by atoms with van der Waals surface area (Å²) in [4.78, 5) is -0.379. The number of unbranched alkanes of at least 4 members (excludes halogenated alkanes) is 48. The predicted octanol–water partition coefficient (Wildman–Crippen LogP) is 32.9. The SMILES string of the molecule is CCCCCCCCCc1ccc2cc(S(=O)(=O)[O-])cc(CCCCCCCCC)c2c1.CCCCCCCCCc1ccc2cc(S(=O)(=O)[O-])cc(CCCCCCCCC)c2c1.CCCCCCCCCc1ccc2cc(S(=O)(=O)[O-])cc(CCCCCCCCC)c2c1.CCCCCCCCCc1ccc2cc(S(=O)(=O)[O-])cc(CCCCCCCCC)c2c1.[Pb]. The molecule has 0 saturated heterocycles. The Hall–Kier alpha value is -4.64. The molecule has 129 heavy (non-hydrogen) atoms. The summed E-state index contributed by atoms with van der Waals surface area (Å²) in [6.45, 7) is 17.9. The molecule has 8 aromatic rings. The zero-order valence-corrected chi connectivity index (χ0v) is 89.0. The van der Waals surface area contributed by atoms with Gasteiger partial charge in [0, 0.05) is 27.3 Å². The van der Waals surface area contributed by atoms with Crippen LogP contribution in [0.3, 0.4) is 0 Å². The van der Waals surface area contributed by atoms with Crippen LogP contribution in [0.5, 0.6) is 0 Å². The van der Waals surface area contributed by atoms with Crippen molar-refractivity contribution in [3.63, 3.8) is 0 Å². The van der Waals surface area contributed by atoms with Crippen molar-refractivity contribution in [2.45, 2.75) is 486 Å². The van der Waals surface area contributed by atoms with E-state index in [0.29, 0.717) is 0 Å². The third kappa shape index (κ3) is 49.6. The molecule has 0 aliphatic heterocycles. The van der Waals surface area contributed by atoms with Crippen LogP contribution >= 0.6 is 0 Å². The summed E-state index contributed by atoms with van der Waals surface area (Å²) in [5.74, 6) is 0. The molecule has 4 radical (unpaired) electrons. The summed E-state index contributed by atoms with van der Waals surface area (Å²) < 4.78 is 140. The van der Waals surface area contributed by atoms with E-state index in [9.17, 15) is 51.9 Å². The van der Waals surface area contributed by atoms with Gasteiger partial charge in [0.05, 0.1) is 19.6 Å². The Labute approximate surface area is 807 Å². The van der Waals surface area contributed by atoms with Crippen LogP contribution in [0.4, 0.5) is 0 Å². The molecule has 17 heteroatoms. The van der Waals surface area contributed by atoms with Gasteiger partial charge in [0.1, 0.15) is 40.5 Å². The van der Waals surface area contributed by atoms with Crippen LogP contribution in [0.1, 0.15) is 459 Å². The molecule has 12 nitrogen and oxygen atoms in total. The Kier molecular flexibility index (Phi) is 62.6. The molecule has 0 fully saturated rings. The van der Waals surface area contributed by atoms with E-state index in [0.717, 1.165) is 168 Å². The summed E-state index contributed by atoms with van der Waals surface area (Å²) in [6, 6.07) is 37.9. The minimum absolute atomic E-state index is 0. The minimum Gasteiger partial charge on any atom is -0.744 e. The molecule has 0 N–H and O–H groups in total. The number of rotatable bonds is 68. The second kappa shape index (κ2) is 69.2. The standard InChI is InChI=1S/4C28H44O3S.Pb/c4*1-3-5-7-9-11-13-15-17-24-19-20-26-23-27(32(29,30)31)22-25(28(26)21-24)18-16-14-12-10-8-6-4-2;/h4*19-23H,3-18H2,1-2H3,(H,29,30,31);/p-4. The van der Waals surface area contributed by atoms with Crippen molar-refractivity contribution in [3.05, 3.63) is 166 Å². The van der Waals surface area contributed by atoms with Crippen LogP contribution < -0.4 is 0 Å². The summed E-state index contributed by atoms with van der Waals surface area (Å²) >= 11 is 0. The molecular weight excluding hydrogens is 1870 g/mol. The van der Waals surface area contributed by atoms with Gasteiger partial charge in [-0.25, -0.2) is 33.7 Å². The fourth-order valence-electron chi connectivity index (χ4n) is 18.1. The topological polar surface area (TPSA) is 229 Å². The van der Waals surface area contributed by atoms with Crippen molar-refractivity contribution in [3.8, 4) is 0 Å². The van der Waals surface area contributed by atoms with E-state index < -0.39 is 40.5 Å². The predicted molar refractivity (Wildman–Crippen MR) is 547 cm³/mol. The van der Waals surface area contributed by atoms with Gasteiger partial charge in [0.2, 0.25) is 0 Å².